The second kappa shape index (κ2) is 6.98. The van der Waals surface area contributed by atoms with Gasteiger partial charge in [0, 0.05) is 35.6 Å². The van der Waals surface area contributed by atoms with E-state index < -0.39 is 0 Å². The molecule has 0 saturated heterocycles. The summed E-state index contributed by atoms with van der Waals surface area (Å²) < 4.78 is 0. The fourth-order valence-electron chi connectivity index (χ4n) is 3.79. The van der Waals surface area contributed by atoms with Crippen LogP contribution in [0.15, 0.2) is 49.2 Å². The SMILES string of the molecule is O=C(Nc1cncc(-c2cnc3[nH]nc(-c4nc5ccncc5[nH]4)c3c2)c1)C1CCC1. The van der Waals surface area contributed by atoms with Crippen LogP contribution in [0.1, 0.15) is 19.3 Å². The van der Waals surface area contributed by atoms with Crippen molar-refractivity contribution in [1.29, 1.82) is 0 Å². The minimum absolute atomic E-state index is 0.0651. The van der Waals surface area contributed by atoms with E-state index in [9.17, 15) is 4.79 Å². The molecule has 152 valence electrons. The molecule has 0 aliphatic heterocycles. The highest BCUT2D eigenvalue weighted by molar-refractivity contribution is 5.95. The van der Waals surface area contributed by atoms with Gasteiger partial charge in [-0.2, -0.15) is 5.10 Å². The summed E-state index contributed by atoms with van der Waals surface area (Å²) in [5.74, 6) is 0.831. The molecule has 5 aromatic rings. The average Bonchev–Trinajstić information content (AvgIpc) is 3.36. The Morgan fingerprint density at radius 1 is 1.06 bits per heavy atom. The normalized spacial score (nSPS) is 14.1. The fraction of sp³-hybridized carbons (Fsp3) is 0.182. The summed E-state index contributed by atoms with van der Waals surface area (Å²) in [6, 6.07) is 5.77. The first-order valence-electron chi connectivity index (χ1n) is 10.1. The number of H-pyrrole nitrogens is 2. The summed E-state index contributed by atoms with van der Waals surface area (Å²) in [7, 11) is 0. The van der Waals surface area contributed by atoms with Crippen molar-refractivity contribution in [3.63, 3.8) is 0 Å². The third kappa shape index (κ3) is 3.10. The highest BCUT2D eigenvalue weighted by Crippen LogP contribution is 2.30. The van der Waals surface area contributed by atoms with Crippen LogP contribution in [0, 0.1) is 5.92 Å². The molecular weight excluding hydrogens is 392 g/mol. The van der Waals surface area contributed by atoms with Gasteiger partial charge in [0.1, 0.15) is 5.69 Å². The zero-order chi connectivity index (χ0) is 20.8. The third-order valence-electron chi connectivity index (χ3n) is 5.74. The first kappa shape index (κ1) is 17.7. The zero-order valence-electron chi connectivity index (χ0n) is 16.5. The number of aromatic amines is 2. The Morgan fingerprint density at radius 2 is 1.97 bits per heavy atom. The molecule has 0 atom stereocenters. The molecular formula is C22H18N8O. The first-order valence-corrected chi connectivity index (χ1v) is 10.1. The number of fused-ring (bicyclic) bond motifs is 2. The number of amides is 1. The lowest BCUT2D eigenvalue weighted by Crippen LogP contribution is -2.28. The molecule has 6 rings (SSSR count). The predicted octanol–water partition coefficient (Wildman–Crippen LogP) is 3.70. The smallest absolute Gasteiger partial charge is 0.227 e. The van der Waals surface area contributed by atoms with Crippen molar-refractivity contribution in [2.45, 2.75) is 19.3 Å². The van der Waals surface area contributed by atoms with Crippen molar-refractivity contribution >= 4 is 33.7 Å². The maximum absolute atomic E-state index is 12.3. The molecule has 1 aliphatic rings. The summed E-state index contributed by atoms with van der Waals surface area (Å²) in [6.45, 7) is 0. The maximum Gasteiger partial charge on any atom is 0.227 e. The summed E-state index contributed by atoms with van der Waals surface area (Å²) in [5.41, 5.74) is 5.44. The molecule has 1 aliphatic carbocycles. The van der Waals surface area contributed by atoms with Gasteiger partial charge in [0.2, 0.25) is 5.91 Å². The van der Waals surface area contributed by atoms with Crippen molar-refractivity contribution in [1.82, 2.24) is 35.1 Å². The number of carbonyl (C=O) groups excluding carboxylic acids is 1. The topological polar surface area (TPSA) is 125 Å². The van der Waals surface area contributed by atoms with E-state index in [1.807, 2.05) is 18.2 Å². The molecule has 9 heteroatoms. The number of nitrogens with one attached hydrogen (secondary N) is 3. The minimum atomic E-state index is 0.0651. The summed E-state index contributed by atoms with van der Waals surface area (Å²) in [4.78, 5) is 33.1. The van der Waals surface area contributed by atoms with Gasteiger partial charge in [-0.25, -0.2) is 9.97 Å². The van der Waals surface area contributed by atoms with E-state index >= 15 is 0 Å². The lowest BCUT2D eigenvalue weighted by Gasteiger charge is -2.24. The van der Waals surface area contributed by atoms with Crippen molar-refractivity contribution in [3.8, 4) is 22.6 Å². The Bertz CT molecular complexity index is 1400. The van der Waals surface area contributed by atoms with Gasteiger partial charge < -0.3 is 10.3 Å². The Kier molecular flexibility index (Phi) is 3.98. The largest absolute Gasteiger partial charge is 0.335 e. The number of aromatic nitrogens is 7. The molecule has 0 spiro atoms. The van der Waals surface area contributed by atoms with Crippen LogP contribution in [0.25, 0.3) is 44.7 Å². The summed E-state index contributed by atoms with van der Waals surface area (Å²) >= 11 is 0. The predicted molar refractivity (Wildman–Crippen MR) is 116 cm³/mol. The van der Waals surface area contributed by atoms with Crippen molar-refractivity contribution in [2.24, 2.45) is 5.92 Å². The number of anilines is 1. The van der Waals surface area contributed by atoms with Gasteiger partial charge in [0.05, 0.1) is 34.5 Å². The van der Waals surface area contributed by atoms with Gasteiger partial charge in [-0.15, -0.1) is 0 Å². The molecule has 5 heterocycles. The van der Waals surface area contributed by atoms with Gasteiger partial charge >= 0.3 is 0 Å². The van der Waals surface area contributed by atoms with Crippen LogP contribution in [-0.2, 0) is 4.79 Å². The maximum atomic E-state index is 12.3. The molecule has 31 heavy (non-hydrogen) atoms. The Balaban J connectivity index is 1.37. The summed E-state index contributed by atoms with van der Waals surface area (Å²) in [5, 5.41) is 11.2. The summed E-state index contributed by atoms with van der Waals surface area (Å²) in [6.07, 6.45) is 11.7. The van der Waals surface area contributed by atoms with Gasteiger partial charge in [-0.05, 0) is 31.0 Å². The highest BCUT2D eigenvalue weighted by atomic mass is 16.1. The van der Waals surface area contributed by atoms with E-state index in [2.05, 4.69) is 40.4 Å². The van der Waals surface area contributed by atoms with E-state index in [0.29, 0.717) is 22.9 Å². The van der Waals surface area contributed by atoms with E-state index in [-0.39, 0.29) is 11.8 Å². The Morgan fingerprint density at radius 3 is 2.81 bits per heavy atom. The number of rotatable bonds is 4. The monoisotopic (exact) mass is 410 g/mol. The minimum Gasteiger partial charge on any atom is -0.335 e. The molecule has 0 bridgehead atoms. The second-order valence-electron chi connectivity index (χ2n) is 7.75. The molecule has 3 N–H and O–H groups in total. The fourth-order valence-corrected chi connectivity index (χ4v) is 3.79. The van der Waals surface area contributed by atoms with Gasteiger partial charge in [-0.1, -0.05) is 6.42 Å². The Hall–Kier alpha value is -4.14. The van der Waals surface area contributed by atoms with E-state index in [0.717, 1.165) is 46.8 Å². The third-order valence-corrected chi connectivity index (χ3v) is 5.74. The van der Waals surface area contributed by atoms with Crippen LogP contribution in [0.3, 0.4) is 0 Å². The first-order chi connectivity index (χ1) is 15.2. The molecule has 0 aromatic carbocycles. The van der Waals surface area contributed by atoms with E-state index in [1.165, 1.54) is 0 Å². The quantitative estimate of drug-likeness (QED) is 0.415. The molecule has 0 radical (unpaired) electrons. The second-order valence-corrected chi connectivity index (χ2v) is 7.75. The molecule has 0 unspecified atom stereocenters. The van der Waals surface area contributed by atoms with Gasteiger partial charge in [0.25, 0.3) is 0 Å². The van der Waals surface area contributed by atoms with Gasteiger partial charge in [0.15, 0.2) is 11.5 Å². The molecule has 1 fully saturated rings. The lowest BCUT2D eigenvalue weighted by molar-refractivity contribution is -0.122. The molecule has 1 saturated carbocycles. The molecule has 9 nitrogen and oxygen atoms in total. The number of pyridine rings is 3. The van der Waals surface area contributed by atoms with Crippen molar-refractivity contribution in [3.05, 3.63) is 49.2 Å². The number of imidazole rings is 1. The van der Waals surface area contributed by atoms with E-state index in [4.69, 9.17) is 0 Å². The zero-order valence-corrected chi connectivity index (χ0v) is 16.5. The Labute approximate surface area is 176 Å². The van der Waals surface area contributed by atoms with Crippen LogP contribution < -0.4 is 5.32 Å². The van der Waals surface area contributed by atoms with Crippen molar-refractivity contribution < 1.29 is 4.79 Å². The highest BCUT2D eigenvalue weighted by Gasteiger charge is 2.25. The van der Waals surface area contributed by atoms with Crippen LogP contribution >= 0.6 is 0 Å². The molecule has 5 aromatic heterocycles. The van der Waals surface area contributed by atoms with E-state index in [1.54, 1.807) is 31.0 Å². The number of hydrogen-bond acceptors (Lipinski definition) is 6. The van der Waals surface area contributed by atoms with Gasteiger partial charge in [-0.3, -0.25) is 19.9 Å². The lowest BCUT2D eigenvalue weighted by atomic mass is 9.85. The van der Waals surface area contributed by atoms with Crippen molar-refractivity contribution in [2.75, 3.05) is 5.32 Å². The van der Waals surface area contributed by atoms with Crippen LogP contribution in [0.2, 0.25) is 0 Å². The standard InChI is InChI=1S/C22H18N8O/c31-22(12-2-1-3-12)26-15-6-13(8-24-10-15)14-7-16-19(29-30-20(16)25-9-14)21-27-17-4-5-23-11-18(17)28-21/h4-12H,1-3H2,(H,26,31)(H,27,28)(H,25,29,30). The number of carbonyl (C=O) groups is 1. The van der Waals surface area contributed by atoms with Crippen LogP contribution in [0.4, 0.5) is 5.69 Å². The molecule has 1 amide bonds. The van der Waals surface area contributed by atoms with Crippen LogP contribution in [0.5, 0.6) is 0 Å². The average molecular weight is 410 g/mol. The van der Waals surface area contributed by atoms with Crippen LogP contribution in [-0.4, -0.2) is 41.0 Å². The number of hydrogen-bond donors (Lipinski definition) is 3. The number of nitrogens with zero attached hydrogens (tertiary/aromatic N) is 5.